The van der Waals surface area contributed by atoms with Gasteiger partial charge in [-0.05, 0) is 48.5 Å². The first kappa shape index (κ1) is 20.5. The zero-order valence-corrected chi connectivity index (χ0v) is 19.2. The van der Waals surface area contributed by atoms with Crippen molar-refractivity contribution in [2.75, 3.05) is 14.2 Å². The quantitative estimate of drug-likeness (QED) is 0.284. The highest BCUT2D eigenvalue weighted by molar-refractivity contribution is 7.98. The molecule has 32 heavy (non-hydrogen) atoms. The summed E-state index contributed by atoms with van der Waals surface area (Å²) in [6, 6.07) is 23.9. The van der Waals surface area contributed by atoms with Gasteiger partial charge in [0.2, 0.25) is 0 Å². The van der Waals surface area contributed by atoms with Crippen LogP contribution >= 0.6 is 23.1 Å². The Morgan fingerprint density at radius 3 is 2.44 bits per heavy atom. The van der Waals surface area contributed by atoms with Crippen molar-refractivity contribution in [1.82, 2.24) is 19.7 Å². The Kier molecular flexibility index (Phi) is 5.79. The second-order valence-corrected chi connectivity index (χ2v) is 8.96. The number of rotatable bonds is 7. The lowest BCUT2D eigenvalue weighted by molar-refractivity contribution is 0.414. The highest BCUT2D eigenvalue weighted by Crippen LogP contribution is 2.35. The molecule has 0 radical (unpaired) electrons. The largest absolute Gasteiger partial charge is 0.497 e. The molecule has 0 atom stereocenters. The van der Waals surface area contributed by atoms with Crippen LogP contribution in [-0.2, 0) is 5.75 Å². The number of nitrogens with zero attached hydrogens (tertiary/aromatic N) is 4. The van der Waals surface area contributed by atoms with Crippen molar-refractivity contribution in [1.29, 1.82) is 0 Å². The third-order valence-electron chi connectivity index (χ3n) is 4.97. The van der Waals surface area contributed by atoms with Gasteiger partial charge in [-0.25, -0.2) is 4.98 Å². The Hall–Kier alpha value is -3.36. The van der Waals surface area contributed by atoms with Crippen LogP contribution in [-0.4, -0.2) is 34.0 Å². The molecule has 2 heterocycles. The summed E-state index contributed by atoms with van der Waals surface area (Å²) in [4.78, 5) is 4.75. The molecule has 0 fully saturated rings. The van der Waals surface area contributed by atoms with Crippen LogP contribution in [0.4, 0.5) is 0 Å². The van der Waals surface area contributed by atoms with E-state index in [4.69, 9.17) is 14.5 Å². The highest BCUT2D eigenvalue weighted by Gasteiger charge is 2.19. The monoisotopic (exact) mass is 460 g/mol. The molecule has 160 valence electrons. The van der Waals surface area contributed by atoms with Gasteiger partial charge in [0.1, 0.15) is 16.5 Å². The fraction of sp³-hybridized carbons (Fsp3) is 0.125. The number of para-hydroxylation sites is 2. The second-order valence-electron chi connectivity index (χ2n) is 6.90. The summed E-state index contributed by atoms with van der Waals surface area (Å²) < 4.78 is 14.2. The standard InChI is InChI=1S/C24H20N4O2S2/c1-29-17-13-11-16(12-14-17)28-23(18-7-3-5-9-20(18)30-2)26-27-24(28)31-15-22-25-19-8-4-6-10-21(19)32-22/h3-14H,15H2,1-2H3. The number of methoxy groups -OCH3 is 2. The van der Waals surface area contributed by atoms with E-state index in [0.29, 0.717) is 5.75 Å². The minimum Gasteiger partial charge on any atom is -0.497 e. The molecule has 3 aromatic carbocycles. The first-order valence-corrected chi connectivity index (χ1v) is 11.8. The number of hydrogen-bond donors (Lipinski definition) is 0. The van der Waals surface area contributed by atoms with Crippen LogP contribution in [0.1, 0.15) is 5.01 Å². The maximum absolute atomic E-state index is 5.58. The minimum absolute atomic E-state index is 0.708. The van der Waals surface area contributed by atoms with Crippen molar-refractivity contribution in [3.8, 4) is 28.6 Å². The van der Waals surface area contributed by atoms with Crippen LogP contribution < -0.4 is 9.47 Å². The van der Waals surface area contributed by atoms with Gasteiger partial charge in [0.25, 0.3) is 0 Å². The van der Waals surface area contributed by atoms with Crippen molar-refractivity contribution < 1.29 is 9.47 Å². The molecule has 5 rings (SSSR count). The van der Waals surface area contributed by atoms with Crippen LogP contribution in [0.5, 0.6) is 11.5 Å². The fourth-order valence-corrected chi connectivity index (χ4v) is 5.35. The van der Waals surface area contributed by atoms with Crippen molar-refractivity contribution in [2.24, 2.45) is 0 Å². The van der Waals surface area contributed by atoms with Crippen LogP contribution in [0, 0.1) is 0 Å². The van der Waals surface area contributed by atoms with Crippen LogP contribution in [0.3, 0.4) is 0 Å². The van der Waals surface area contributed by atoms with E-state index in [1.165, 1.54) is 4.70 Å². The number of benzene rings is 3. The van der Waals surface area contributed by atoms with E-state index < -0.39 is 0 Å². The molecule has 0 unspecified atom stereocenters. The number of thioether (sulfide) groups is 1. The lowest BCUT2D eigenvalue weighted by atomic mass is 10.2. The predicted molar refractivity (Wildman–Crippen MR) is 129 cm³/mol. The molecule has 0 amide bonds. The smallest absolute Gasteiger partial charge is 0.196 e. The Morgan fingerprint density at radius 1 is 0.875 bits per heavy atom. The highest BCUT2D eigenvalue weighted by atomic mass is 32.2. The van der Waals surface area contributed by atoms with Gasteiger partial charge in [0, 0.05) is 0 Å². The van der Waals surface area contributed by atoms with Crippen LogP contribution in [0.15, 0.2) is 78.0 Å². The number of aromatic nitrogens is 4. The molecule has 0 aliphatic carbocycles. The molecule has 0 saturated carbocycles. The number of fused-ring (bicyclic) bond motifs is 1. The molecule has 5 aromatic rings. The zero-order valence-electron chi connectivity index (χ0n) is 17.6. The Labute approximate surface area is 193 Å². The van der Waals surface area contributed by atoms with Gasteiger partial charge in [0.15, 0.2) is 11.0 Å². The Bertz CT molecular complexity index is 1330. The molecule has 0 saturated heterocycles. The zero-order chi connectivity index (χ0) is 21.9. The first-order chi connectivity index (χ1) is 15.8. The summed E-state index contributed by atoms with van der Waals surface area (Å²) in [6.45, 7) is 0. The summed E-state index contributed by atoms with van der Waals surface area (Å²) in [5.41, 5.74) is 2.85. The first-order valence-electron chi connectivity index (χ1n) is 9.97. The third kappa shape index (κ3) is 3.94. The van der Waals surface area contributed by atoms with Gasteiger partial charge in [-0.2, -0.15) is 0 Å². The number of hydrogen-bond acceptors (Lipinski definition) is 7. The maximum Gasteiger partial charge on any atom is 0.196 e. The average Bonchev–Trinajstić information content (AvgIpc) is 3.46. The molecule has 0 bridgehead atoms. The van der Waals surface area contributed by atoms with Crippen molar-refractivity contribution >= 4 is 33.3 Å². The lowest BCUT2D eigenvalue weighted by Gasteiger charge is -2.12. The maximum atomic E-state index is 5.58. The van der Waals surface area contributed by atoms with Gasteiger partial charge in [-0.3, -0.25) is 4.57 Å². The molecule has 0 aliphatic heterocycles. The van der Waals surface area contributed by atoms with E-state index >= 15 is 0 Å². The van der Waals surface area contributed by atoms with E-state index in [0.717, 1.165) is 44.3 Å². The van der Waals surface area contributed by atoms with Crippen LogP contribution in [0.25, 0.3) is 27.3 Å². The minimum atomic E-state index is 0.708. The third-order valence-corrected chi connectivity index (χ3v) is 7.13. The summed E-state index contributed by atoms with van der Waals surface area (Å²) >= 11 is 3.32. The Balaban J connectivity index is 1.54. The summed E-state index contributed by atoms with van der Waals surface area (Å²) in [5, 5.41) is 10.9. The molecule has 0 spiro atoms. The Morgan fingerprint density at radius 2 is 1.66 bits per heavy atom. The normalized spacial score (nSPS) is 11.1. The van der Waals surface area contributed by atoms with Gasteiger partial charge < -0.3 is 9.47 Å². The molecule has 0 aliphatic rings. The number of ether oxygens (including phenoxy) is 2. The predicted octanol–water partition coefficient (Wildman–Crippen LogP) is 5.85. The molecule has 8 heteroatoms. The molecular weight excluding hydrogens is 440 g/mol. The van der Waals surface area contributed by atoms with E-state index in [1.807, 2.05) is 66.7 Å². The summed E-state index contributed by atoms with van der Waals surface area (Å²) in [6.07, 6.45) is 0. The van der Waals surface area contributed by atoms with Crippen molar-refractivity contribution in [3.63, 3.8) is 0 Å². The lowest BCUT2D eigenvalue weighted by Crippen LogP contribution is -2.01. The van der Waals surface area contributed by atoms with E-state index in [1.54, 1.807) is 37.3 Å². The molecule has 2 aromatic heterocycles. The second kappa shape index (κ2) is 9.02. The van der Waals surface area contributed by atoms with Crippen LogP contribution in [0.2, 0.25) is 0 Å². The van der Waals surface area contributed by atoms with Gasteiger partial charge >= 0.3 is 0 Å². The topological polar surface area (TPSA) is 62.1 Å². The van der Waals surface area contributed by atoms with Gasteiger partial charge in [-0.15, -0.1) is 21.5 Å². The van der Waals surface area contributed by atoms with E-state index in [9.17, 15) is 0 Å². The van der Waals surface area contributed by atoms with Gasteiger partial charge in [-0.1, -0.05) is 36.0 Å². The molecule has 6 nitrogen and oxygen atoms in total. The van der Waals surface area contributed by atoms with E-state index in [2.05, 4.69) is 20.8 Å². The summed E-state index contributed by atoms with van der Waals surface area (Å²) in [7, 11) is 3.32. The van der Waals surface area contributed by atoms with Crippen molar-refractivity contribution in [3.05, 3.63) is 77.8 Å². The fourth-order valence-electron chi connectivity index (χ4n) is 3.44. The average molecular weight is 461 g/mol. The summed E-state index contributed by atoms with van der Waals surface area (Å²) in [5.74, 6) is 2.97. The van der Waals surface area contributed by atoms with Crippen molar-refractivity contribution in [2.45, 2.75) is 10.9 Å². The molecule has 0 N–H and O–H groups in total. The van der Waals surface area contributed by atoms with Gasteiger partial charge in [0.05, 0.1) is 41.4 Å². The SMILES string of the molecule is COc1ccc(-n2c(SCc3nc4ccccc4s3)nnc2-c2ccccc2OC)cc1. The van der Waals surface area contributed by atoms with E-state index in [-0.39, 0.29) is 0 Å². The molecular formula is C24H20N4O2S2. The number of thiazole rings is 1.